The first-order valence-corrected chi connectivity index (χ1v) is 5.36. The molecule has 0 aliphatic heterocycles. The fourth-order valence-corrected chi connectivity index (χ4v) is 1.81. The lowest BCUT2D eigenvalue weighted by Crippen LogP contribution is -2.45. The Bertz CT molecular complexity index is 192. The smallest absolute Gasteiger partial charge is 0.234 e. The SMILES string of the molecule is CCNC(=O)CN(C)C(CN)C1CC1. The predicted molar refractivity (Wildman–Crippen MR) is 56.9 cm³/mol. The molecule has 4 heteroatoms. The number of carbonyl (C=O) groups is 1. The summed E-state index contributed by atoms with van der Waals surface area (Å²) in [7, 11) is 1.98. The van der Waals surface area contributed by atoms with Gasteiger partial charge in [0.25, 0.3) is 0 Å². The number of amides is 1. The van der Waals surface area contributed by atoms with Gasteiger partial charge in [0.15, 0.2) is 0 Å². The minimum atomic E-state index is 0.0918. The molecule has 0 aromatic rings. The van der Waals surface area contributed by atoms with Crippen molar-refractivity contribution in [1.29, 1.82) is 0 Å². The summed E-state index contributed by atoms with van der Waals surface area (Å²) in [6.45, 7) is 3.75. The van der Waals surface area contributed by atoms with Gasteiger partial charge in [-0.1, -0.05) is 0 Å². The number of rotatable bonds is 6. The molecule has 1 rings (SSSR count). The Labute approximate surface area is 85.8 Å². The van der Waals surface area contributed by atoms with Crippen molar-refractivity contribution in [2.75, 3.05) is 26.7 Å². The van der Waals surface area contributed by atoms with Gasteiger partial charge in [-0.3, -0.25) is 9.69 Å². The van der Waals surface area contributed by atoms with Gasteiger partial charge in [0.1, 0.15) is 0 Å². The molecular formula is C10H21N3O. The summed E-state index contributed by atoms with van der Waals surface area (Å²) >= 11 is 0. The van der Waals surface area contributed by atoms with Crippen LogP contribution in [0.25, 0.3) is 0 Å². The van der Waals surface area contributed by atoms with E-state index in [2.05, 4.69) is 10.2 Å². The maximum Gasteiger partial charge on any atom is 0.234 e. The second-order valence-electron chi connectivity index (χ2n) is 4.01. The molecule has 0 aromatic heterocycles. The Morgan fingerprint density at radius 3 is 2.71 bits per heavy atom. The largest absolute Gasteiger partial charge is 0.355 e. The molecule has 4 nitrogen and oxygen atoms in total. The van der Waals surface area contributed by atoms with Crippen LogP contribution in [0.1, 0.15) is 19.8 Å². The molecule has 0 aromatic carbocycles. The first kappa shape index (κ1) is 11.5. The highest BCUT2D eigenvalue weighted by Gasteiger charge is 2.33. The standard InChI is InChI=1S/C10H21N3O/c1-3-12-10(14)7-13(2)9(6-11)8-4-5-8/h8-9H,3-7,11H2,1-2H3,(H,12,14). The van der Waals surface area contributed by atoms with Gasteiger partial charge in [0.05, 0.1) is 6.54 Å². The van der Waals surface area contributed by atoms with Gasteiger partial charge in [-0.15, -0.1) is 0 Å². The van der Waals surface area contributed by atoms with Crippen LogP contribution in [0.2, 0.25) is 0 Å². The van der Waals surface area contributed by atoms with Crippen molar-refractivity contribution in [3.8, 4) is 0 Å². The fraction of sp³-hybridized carbons (Fsp3) is 0.900. The molecule has 1 amide bonds. The maximum atomic E-state index is 11.3. The van der Waals surface area contributed by atoms with Crippen LogP contribution in [0.5, 0.6) is 0 Å². The van der Waals surface area contributed by atoms with Gasteiger partial charge >= 0.3 is 0 Å². The van der Waals surface area contributed by atoms with Crippen molar-refractivity contribution in [1.82, 2.24) is 10.2 Å². The molecule has 0 spiro atoms. The van der Waals surface area contributed by atoms with Gasteiger partial charge in [0.2, 0.25) is 5.91 Å². The lowest BCUT2D eigenvalue weighted by Gasteiger charge is -2.26. The number of nitrogens with one attached hydrogen (secondary N) is 1. The molecule has 82 valence electrons. The van der Waals surface area contributed by atoms with Gasteiger partial charge in [-0.05, 0) is 32.7 Å². The van der Waals surface area contributed by atoms with Crippen LogP contribution in [0.15, 0.2) is 0 Å². The topological polar surface area (TPSA) is 58.4 Å². The van der Waals surface area contributed by atoms with E-state index < -0.39 is 0 Å². The number of hydrogen-bond acceptors (Lipinski definition) is 3. The molecule has 1 saturated carbocycles. The molecule has 0 bridgehead atoms. The summed E-state index contributed by atoms with van der Waals surface area (Å²) < 4.78 is 0. The summed E-state index contributed by atoms with van der Waals surface area (Å²) in [5.74, 6) is 0.813. The monoisotopic (exact) mass is 199 g/mol. The van der Waals surface area contributed by atoms with Gasteiger partial charge in [0, 0.05) is 19.1 Å². The Morgan fingerprint density at radius 1 is 1.64 bits per heavy atom. The molecule has 0 radical (unpaired) electrons. The summed E-state index contributed by atoms with van der Waals surface area (Å²) in [6.07, 6.45) is 2.53. The van der Waals surface area contributed by atoms with Crippen LogP contribution >= 0.6 is 0 Å². The summed E-state index contributed by atoms with van der Waals surface area (Å²) in [5, 5.41) is 2.79. The minimum Gasteiger partial charge on any atom is -0.355 e. The molecule has 1 atom stereocenters. The van der Waals surface area contributed by atoms with Crippen LogP contribution in [0, 0.1) is 5.92 Å². The van der Waals surface area contributed by atoms with E-state index in [1.165, 1.54) is 12.8 Å². The molecule has 1 aliphatic carbocycles. The number of carbonyl (C=O) groups excluding carboxylic acids is 1. The maximum absolute atomic E-state index is 11.3. The van der Waals surface area contributed by atoms with Gasteiger partial charge < -0.3 is 11.1 Å². The highest BCUT2D eigenvalue weighted by atomic mass is 16.2. The van der Waals surface area contributed by atoms with Crippen molar-refractivity contribution in [3.63, 3.8) is 0 Å². The number of nitrogens with zero attached hydrogens (tertiary/aromatic N) is 1. The van der Waals surface area contributed by atoms with Crippen LogP contribution in [0.4, 0.5) is 0 Å². The average Bonchev–Trinajstić information content (AvgIpc) is 2.89. The van der Waals surface area contributed by atoms with E-state index in [-0.39, 0.29) is 5.91 Å². The third-order valence-corrected chi connectivity index (χ3v) is 2.74. The molecule has 0 heterocycles. The van der Waals surface area contributed by atoms with Crippen molar-refractivity contribution < 1.29 is 4.79 Å². The van der Waals surface area contributed by atoms with Crippen molar-refractivity contribution in [2.45, 2.75) is 25.8 Å². The highest BCUT2D eigenvalue weighted by molar-refractivity contribution is 5.77. The van der Waals surface area contributed by atoms with Gasteiger partial charge in [-0.25, -0.2) is 0 Å². The first-order chi connectivity index (χ1) is 6.69. The average molecular weight is 199 g/mol. The highest BCUT2D eigenvalue weighted by Crippen LogP contribution is 2.34. The number of likely N-dealkylation sites (N-methyl/N-ethyl adjacent to an activating group) is 2. The van der Waals surface area contributed by atoms with Gasteiger partial charge in [-0.2, -0.15) is 0 Å². The van der Waals surface area contributed by atoms with Crippen molar-refractivity contribution in [2.24, 2.45) is 11.7 Å². The zero-order chi connectivity index (χ0) is 10.6. The molecule has 1 aliphatic rings. The third kappa shape index (κ3) is 3.27. The molecule has 1 fully saturated rings. The summed E-state index contributed by atoms with van der Waals surface area (Å²) in [6, 6.07) is 0.387. The second kappa shape index (κ2) is 5.32. The van der Waals surface area contributed by atoms with E-state index in [9.17, 15) is 4.79 Å². The van der Waals surface area contributed by atoms with Crippen LogP contribution in [-0.2, 0) is 4.79 Å². The fourth-order valence-electron chi connectivity index (χ4n) is 1.81. The van der Waals surface area contributed by atoms with Crippen LogP contribution in [0.3, 0.4) is 0 Å². The third-order valence-electron chi connectivity index (χ3n) is 2.74. The Hall–Kier alpha value is -0.610. The van der Waals surface area contributed by atoms with Crippen LogP contribution < -0.4 is 11.1 Å². The molecule has 1 unspecified atom stereocenters. The van der Waals surface area contributed by atoms with E-state index in [0.29, 0.717) is 25.7 Å². The molecular weight excluding hydrogens is 178 g/mol. The Morgan fingerprint density at radius 2 is 2.29 bits per heavy atom. The van der Waals surface area contributed by atoms with Crippen molar-refractivity contribution >= 4 is 5.91 Å². The van der Waals surface area contributed by atoms with Crippen molar-refractivity contribution in [3.05, 3.63) is 0 Å². The molecule has 0 saturated heterocycles. The van der Waals surface area contributed by atoms with E-state index in [1.54, 1.807) is 0 Å². The van der Waals surface area contributed by atoms with E-state index in [4.69, 9.17) is 5.73 Å². The minimum absolute atomic E-state index is 0.0918. The zero-order valence-electron chi connectivity index (χ0n) is 9.12. The zero-order valence-corrected chi connectivity index (χ0v) is 9.12. The summed E-state index contributed by atoms with van der Waals surface area (Å²) in [4.78, 5) is 13.4. The van der Waals surface area contributed by atoms with Crippen LogP contribution in [-0.4, -0.2) is 43.5 Å². The van der Waals surface area contributed by atoms with E-state index >= 15 is 0 Å². The Kier molecular flexibility index (Phi) is 4.35. The second-order valence-corrected chi connectivity index (χ2v) is 4.01. The molecule has 14 heavy (non-hydrogen) atoms. The van der Waals surface area contributed by atoms with E-state index in [0.717, 1.165) is 5.92 Å². The normalized spacial score (nSPS) is 18.3. The van der Waals surface area contributed by atoms with E-state index in [1.807, 2.05) is 14.0 Å². The summed E-state index contributed by atoms with van der Waals surface area (Å²) in [5.41, 5.74) is 5.69. The quantitative estimate of drug-likeness (QED) is 0.622. The lowest BCUT2D eigenvalue weighted by atomic mass is 10.1. The first-order valence-electron chi connectivity index (χ1n) is 5.36. The number of nitrogens with two attached hydrogens (primary N) is 1. The Balaban J connectivity index is 2.30. The molecule has 3 N–H and O–H groups in total. The lowest BCUT2D eigenvalue weighted by molar-refractivity contribution is -0.122. The number of hydrogen-bond donors (Lipinski definition) is 2. The predicted octanol–water partition coefficient (Wildman–Crippen LogP) is -0.208.